The number of benzene rings is 4. The number of rotatable bonds is 10. The Labute approximate surface area is 338 Å². The van der Waals surface area contributed by atoms with Crippen LogP contribution in [0.25, 0.3) is 0 Å². The number of carbonyl (C=O) groups excluding carboxylic acids is 4. The number of urea groups is 1. The Bertz CT molecular complexity index is 2010. The summed E-state index contributed by atoms with van der Waals surface area (Å²) in [5.74, 6) is -1.07. The van der Waals surface area contributed by atoms with Gasteiger partial charge in [0.2, 0.25) is 5.91 Å². The van der Waals surface area contributed by atoms with Crippen LogP contribution in [0.2, 0.25) is 0 Å². The zero-order valence-electron chi connectivity index (χ0n) is 30.6. The highest BCUT2D eigenvalue weighted by Gasteiger charge is 2.35. The Morgan fingerprint density at radius 2 is 1.45 bits per heavy atom. The monoisotopic (exact) mass is 869 g/mol. The SMILES string of the molecule is Nc1c(Br)cc(C(=O)CC(NC(=O)c2ccc(N3CCN(Cc4ccccc4)CC3)cc2)C(=O)N2CCC(N3CCc4ccccc4NC3=O)CC2)cc1Br. The molecule has 0 saturated carbocycles. The van der Waals surface area contributed by atoms with Gasteiger partial charge in [-0.1, -0.05) is 48.5 Å². The number of hydrogen-bond donors (Lipinski definition) is 3. The van der Waals surface area contributed by atoms with E-state index in [1.165, 1.54) is 5.56 Å². The van der Waals surface area contributed by atoms with Crippen LogP contribution in [0.1, 0.15) is 51.1 Å². The quantitative estimate of drug-likeness (QED) is 0.122. The van der Waals surface area contributed by atoms with Gasteiger partial charge < -0.3 is 31.1 Å². The molecule has 4 N–H and O–H groups in total. The number of anilines is 3. The first-order chi connectivity index (χ1) is 26.6. The number of hydrogen-bond acceptors (Lipinski definition) is 7. The molecule has 0 aliphatic carbocycles. The molecule has 2 saturated heterocycles. The number of nitrogens with one attached hydrogen (secondary N) is 2. The first-order valence-electron chi connectivity index (χ1n) is 18.8. The number of amides is 4. The van der Waals surface area contributed by atoms with Crippen molar-refractivity contribution in [1.29, 1.82) is 0 Å². The van der Waals surface area contributed by atoms with E-state index in [0.29, 0.717) is 58.2 Å². The van der Waals surface area contributed by atoms with Gasteiger partial charge in [0.15, 0.2) is 5.78 Å². The molecule has 3 heterocycles. The second-order valence-corrected chi connectivity index (χ2v) is 16.1. The molecule has 1 unspecified atom stereocenters. The molecule has 1 atom stereocenters. The molecule has 4 amide bonds. The van der Waals surface area contributed by atoms with E-state index in [1.54, 1.807) is 29.2 Å². The zero-order valence-corrected chi connectivity index (χ0v) is 33.7. The molecule has 7 rings (SSSR count). The van der Waals surface area contributed by atoms with Crippen molar-refractivity contribution in [2.24, 2.45) is 0 Å². The molecule has 3 aliphatic rings. The summed E-state index contributed by atoms with van der Waals surface area (Å²) in [4.78, 5) is 63.1. The third kappa shape index (κ3) is 9.22. The Kier molecular flexibility index (Phi) is 12.2. The van der Waals surface area contributed by atoms with Crippen LogP contribution in [0, 0.1) is 0 Å². The normalized spacial score (nSPS) is 17.2. The fourth-order valence-electron chi connectivity index (χ4n) is 7.68. The maximum atomic E-state index is 14.2. The lowest BCUT2D eigenvalue weighted by Crippen LogP contribution is -2.54. The fraction of sp³-hybridized carbons (Fsp3) is 0.333. The molecular formula is C42H45Br2N7O4. The van der Waals surface area contributed by atoms with E-state index < -0.39 is 11.9 Å². The average molecular weight is 872 g/mol. The molecule has 55 heavy (non-hydrogen) atoms. The lowest BCUT2D eigenvalue weighted by Gasteiger charge is -2.39. The van der Waals surface area contributed by atoms with Crippen molar-refractivity contribution >= 4 is 72.6 Å². The Morgan fingerprint density at radius 3 is 2.15 bits per heavy atom. The number of nitrogens with zero attached hydrogens (tertiary/aromatic N) is 4. The second-order valence-electron chi connectivity index (χ2n) is 14.4. The van der Waals surface area contributed by atoms with Crippen molar-refractivity contribution < 1.29 is 19.2 Å². The number of para-hydroxylation sites is 1. The summed E-state index contributed by atoms with van der Waals surface area (Å²) in [6, 6.07) is 27.7. The van der Waals surface area contributed by atoms with Crippen molar-refractivity contribution in [2.75, 3.05) is 61.8 Å². The number of carbonyl (C=O) groups is 4. The van der Waals surface area contributed by atoms with Gasteiger partial charge in [-0.2, -0.15) is 0 Å². The lowest BCUT2D eigenvalue weighted by molar-refractivity contribution is -0.134. The van der Waals surface area contributed by atoms with E-state index in [2.05, 4.69) is 76.6 Å². The van der Waals surface area contributed by atoms with E-state index in [1.807, 2.05) is 47.4 Å². The number of Topliss-reactive ketones (excluding diaryl/α,β-unsaturated/α-hetero) is 1. The molecule has 4 aromatic rings. The molecule has 0 spiro atoms. The number of nitrogens with two attached hydrogens (primary N) is 1. The smallest absolute Gasteiger partial charge is 0.322 e. The van der Waals surface area contributed by atoms with Crippen molar-refractivity contribution in [2.45, 2.75) is 44.3 Å². The highest BCUT2D eigenvalue weighted by Crippen LogP contribution is 2.31. The van der Waals surface area contributed by atoms with Crippen LogP contribution in [-0.2, 0) is 17.8 Å². The first kappa shape index (κ1) is 38.6. The van der Waals surface area contributed by atoms with Crippen LogP contribution in [0.3, 0.4) is 0 Å². The molecule has 2 fully saturated rings. The van der Waals surface area contributed by atoms with Crippen LogP contribution in [0.15, 0.2) is 99.9 Å². The highest BCUT2D eigenvalue weighted by atomic mass is 79.9. The number of halogens is 2. The van der Waals surface area contributed by atoms with Gasteiger partial charge in [0.1, 0.15) is 6.04 Å². The van der Waals surface area contributed by atoms with Crippen LogP contribution in [0.4, 0.5) is 21.9 Å². The standard InChI is InChI=1S/C42H45Br2N7O4/c43-34-24-31(25-35(44)39(34)45)38(52)26-37(41(54)50-17-15-33(16-18-50)51-19-14-29-8-4-5-9-36(29)47-42(51)55)46-40(53)30-10-12-32(13-11-30)49-22-20-48(21-23-49)27-28-6-2-1-3-7-28/h1-13,24-25,33,37H,14-23,26-27,45H2,(H,46,53)(H,47,55). The summed E-state index contributed by atoms with van der Waals surface area (Å²) in [5, 5.41) is 5.95. The lowest BCUT2D eigenvalue weighted by atomic mass is 9.99. The summed E-state index contributed by atoms with van der Waals surface area (Å²) < 4.78 is 1.11. The minimum absolute atomic E-state index is 0.0390. The van der Waals surface area contributed by atoms with Crippen LogP contribution >= 0.6 is 31.9 Å². The minimum Gasteiger partial charge on any atom is -0.397 e. The molecule has 0 aromatic heterocycles. The predicted molar refractivity (Wildman–Crippen MR) is 222 cm³/mol. The molecule has 11 nitrogen and oxygen atoms in total. The summed E-state index contributed by atoms with van der Waals surface area (Å²) in [6.07, 6.45) is 1.69. The van der Waals surface area contributed by atoms with E-state index in [0.717, 1.165) is 56.1 Å². The average Bonchev–Trinajstić information content (AvgIpc) is 3.38. The second kappa shape index (κ2) is 17.4. The third-order valence-electron chi connectivity index (χ3n) is 10.9. The number of piperidine rings is 1. The maximum absolute atomic E-state index is 14.2. The number of piperazine rings is 1. The van der Waals surface area contributed by atoms with E-state index in [9.17, 15) is 19.2 Å². The predicted octanol–water partition coefficient (Wildman–Crippen LogP) is 6.57. The third-order valence-corrected chi connectivity index (χ3v) is 12.2. The van der Waals surface area contributed by atoms with Crippen molar-refractivity contribution in [1.82, 2.24) is 20.0 Å². The van der Waals surface area contributed by atoms with Gasteiger partial charge in [-0.25, -0.2) is 4.79 Å². The molecule has 286 valence electrons. The van der Waals surface area contributed by atoms with Crippen LogP contribution in [0.5, 0.6) is 0 Å². The molecule has 3 aliphatic heterocycles. The fourth-order valence-corrected chi connectivity index (χ4v) is 8.86. The van der Waals surface area contributed by atoms with Gasteiger partial charge in [-0.15, -0.1) is 0 Å². The number of nitrogen functional groups attached to an aromatic ring is 1. The molecule has 4 aromatic carbocycles. The summed E-state index contributed by atoms with van der Waals surface area (Å²) >= 11 is 6.82. The van der Waals surface area contributed by atoms with Gasteiger partial charge >= 0.3 is 6.03 Å². The topological polar surface area (TPSA) is 131 Å². The number of fused-ring (bicyclic) bond motifs is 1. The highest BCUT2D eigenvalue weighted by molar-refractivity contribution is 9.11. The van der Waals surface area contributed by atoms with Crippen LogP contribution < -0.4 is 21.3 Å². The van der Waals surface area contributed by atoms with Crippen LogP contribution in [-0.4, -0.2) is 96.2 Å². The number of ketones is 1. The summed E-state index contributed by atoms with van der Waals surface area (Å²) in [6.45, 7) is 5.93. The van der Waals surface area contributed by atoms with Gasteiger partial charge in [-0.05, 0) is 105 Å². The summed E-state index contributed by atoms with van der Waals surface area (Å²) in [7, 11) is 0. The van der Waals surface area contributed by atoms with Gasteiger partial charge in [-0.3, -0.25) is 19.3 Å². The molecular weight excluding hydrogens is 826 g/mol. The maximum Gasteiger partial charge on any atom is 0.322 e. The Morgan fingerprint density at radius 1 is 0.800 bits per heavy atom. The van der Waals surface area contributed by atoms with Crippen molar-refractivity contribution in [3.63, 3.8) is 0 Å². The van der Waals surface area contributed by atoms with E-state index >= 15 is 0 Å². The van der Waals surface area contributed by atoms with Gasteiger partial charge in [0.05, 0.1) is 5.69 Å². The molecule has 13 heteroatoms. The Hall–Kier alpha value is -4.72. The summed E-state index contributed by atoms with van der Waals surface area (Å²) in [5.41, 5.74) is 11.6. The van der Waals surface area contributed by atoms with Crippen molar-refractivity contribution in [3.05, 3.63) is 122 Å². The Balaban J connectivity index is 1.00. The zero-order chi connectivity index (χ0) is 38.5. The van der Waals surface area contributed by atoms with E-state index in [-0.39, 0.29) is 30.2 Å². The van der Waals surface area contributed by atoms with Gasteiger partial charge in [0.25, 0.3) is 5.91 Å². The number of likely N-dealkylation sites (tertiary alicyclic amines) is 1. The molecule has 0 radical (unpaired) electrons. The van der Waals surface area contributed by atoms with Crippen molar-refractivity contribution in [3.8, 4) is 0 Å². The molecule has 0 bridgehead atoms. The van der Waals surface area contributed by atoms with Gasteiger partial charge in [0, 0.05) is 96.3 Å². The van der Waals surface area contributed by atoms with E-state index in [4.69, 9.17) is 5.73 Å². The minimum atomic E-state index is -1.10. The largest absolute Gasteiger partial charge is 0.397 e. The first-order valence-corrected chi connectivity index (χ1v) is 20.4.